The first-order valence-corrected chi connectivity index (χ1v) is 7.58. The van der Waals surface area contributed by atoms with Crippen LogP contribution >= 0.6 is 11.3 Å². The van der Waals surface area contributed by atoms with Crippen LogP contribution in [0.25, 0.3) is 0 Å². The summed E-state index contributed by atoms with van der Waals surface area (Å²) >= 11 is 1.55. The molecule has 1 fully saturated rings. The van der Waals surface area contributed by atoms with E-state index in [9.17, 15) is 4.79 Å². The van der Waals surface area contributed by atoms with Gasteiger partial charge in [0.2, 0.25) is 0 Å². The van der Waals surface area contributed by atoms with Crippen molar-refractivity contribution in [3.05, 3.63) is 46.4 Å². The number of carbonyl (C=O) groups is 1. The van der Waals surface area contributed by atoms with Crippen LogP contribution in [0, 0.1) is 0 Å². The van der Waals surface area contributed by atoms with Gasteiger partial charge < -0.3 is 9.64 Å². The van der Waals surface area contributed by atoms with Crippen molar-refractivity contribution < 1.29 is 9.53 Å². The first-order valence-electron chi connectivity index (χ1n) is 6.70. The molecule has 1 saturated heterocycles. The molecule has 104 valence electrons. The lowest BCUT2D eigenvalue weighted by Crippen LogP contribution is -2.45. The number of carbonyl (C=O) groups excluding carboxylic acids is 1. The van der Waals surface area contributed by atoms with Gasteiger partial charge in [-0.3, -0.25) is 0 Å². The van der Waals surface area contributed by atoms with E-state index in [-0.39, 0.29) is 5.97 Å². The first-order chi connectivity index (χ1) is 9.79. The number of para-hydroxylation sites is 1. The number of rotatable bonds is 4. The van der Waals surface area contributed by atoms with Gasteiger partial charge in [0.1, 0.15) is 0 Å². The fraction of sp³-hybridized carbons (Fsp3) is 0.333. The van der Waals surface area contributed by atoms with Crippen molar-refractivity contribution in [3.63, 3.8) is 0 Å². The zero-order valence-corrected chi connectivity index (χ0v) is 12.1. The van der Waals surface area contributed by atoms with Gasteiger partial charge in [0.15, 0.2) is 5.69 Å². The second-order valence-electron chi connectivity index (χ2n) is 4.72. The van der Waals surface area contributed by atoms with E-state index in [4.69, 9.17) is 4.74 Å². The minimum absolute atomic E-state index is 0.304. The van der Waals surface area contributed by atoms with Crippen LogP contribution in [-0.2, 0) is 4.74 Å². The monoisotopic (exact) mass is 288 g/mol. The molecule has 0 unspecified atom stereocenters. The third-order valence-electron chi connectivity index (χ3n) is 3.44. The maximum Gasteiger partial charge on any atom is 0.358 e. The molecule has 0 N–H and O–H groups in total. The second-order valence-corrected chi connectivity index (χ2v) is 5.61. The predicted molar refractivity (Wildman–Crippen MR) is 79.5 cm³/mol. The van der Waals surface area contributed by atoms with E-state index in [1.54, 1.807) is 16.8 Å². The van der Waals surface area contributed by atoms with Gasteiger partial charge in [0, 0.05) is 29.6 Å². The Kier molecular flexibility index (Phi) is 3.69. The molecule has 0 radical (unpaired) electrons. The Morgan fingerprint density at radius 2 is 2.15 bits per heavy atom. The van der Waals surface area contributed by atoms with Crippen molar-refractivity contribution in [2.75, 3.05) is 24.6 Å². The maximum absolute atomic E-state index is 11.8. The molecule has 0 bridgehead atoms. The van der Waals surface area contributed by atoms with Crippen molar-refractivity contribution in [2.24, 2.45) is 0 Å². The number of esters is 1. The number of anilines is 1. The third kappa shape index (κ3) is 2.41. The Labute approximate surface area is 122 Å². The average molecular weight is 288 g/mol. The highest BCUT2D eigenvalue weighted by atomic mass is 32.1. The van der Waals surface area contributed by atoms with Crippen LogP contribution < -0.4 is 4.90 Å². The highest BCUT2D eigenvalue weighted by molar-refractivity contribution is 7.10. The summed E-state index contributed by atoms with van der Waals surface area (Å²) < 4.78 is 5.05. The molecule has 0 aliphatic carbocycles. The van der Waals surface area contributed by atoms with Crippen molar-refractivity contribution in [1.29, 1.82) is 0 Å². The Balaban J connectivity index is 1.69. The Morgan fingerprint density at radius 1 is 1.40 bits per heavy atom. The third-order valence-corrected chi connectivity index (χ3v) is 4.43. The van der Waals surface area contributed by atoms with Crippen LogP contribution in [0.2, 0.25) is 0 Å². The van der Waals surface area contributed by atoms with Gasteiger partial charge in [-0.25, -0.2) is 9.78 Å². The van der Waals surface area contributed by atoms with Gasteiger partial charge in [-0.15, -0.1) is 11.3 Å². The molecule has 2 heterocycles. The number of benzene rings is 1. The minimum Gasteiger partial charge on any atom is -0.461 e. The van der Waals surface area contributed by atoms with E-state index in [0.29, 0.717) is 18.2 Å². The van der Waals surface area contributed by atoms with Crippen LogP contribution in [0.4, 0.5) is 5.69 Å². The number of thiazole rings is 1. The van der Waals surface area contributed by atoms with Crippen molar-refractivity contribution in [3.8, 4) is 0 Å². The normalized spacial score (nSPS) is 14.9. The molecule has 1 aliphatic heterocycles. The summed E-state index contributed by atoms with van der Waals surface area (Å²) in [6.45, 7) is 4.05. The topological polar surface area (TPSA) is 42.4 Å². The van der Waals surface area contributed by atoms with Crippen molar-refractivity contribution in [2.45, 2.75) is 12.8 Å². The quantitative estimate of drug-likeness (QED) is 0.811. The van der Waals surface area contributed by atoms with E-state index >= 15 is 0 Å². The molecule has 1 aliphatic rings. The van der Waals surface area contributed by atoms with Crippen LogP contribution in [0.3, 0.4) is 0 Å². The highest BCUT2D eigenvalue weighted by Gasteiger charge is 2.33. The van der Waals surface area contributed by atoms with Gasteiger partial charge >= 0.3 is 5.97 Å². The van der Waals surface area contributed by atoms with Gasteiger partial charge in [-0.05, 0) is 19.1 Å². The lowest BCUT2D eigenvalue weighted by Gasteiger charge is -2.40. The summed E-state index contributed by atoms with van der Waals surface area (Å²) in [5.41, 5.74) is 3.45. The highest BCUT2D eigenvalue weighted by Crippen LogP contribution is 2.35. The SMILES string of the molecule is CCOC(=O)c1ncsc1C1CN(c2ccccc2)C1. The van der Waals surface area contributed by atoms with E-state index in [2.05, 4.69) is 22.0 Å². The summed E-state index contributed by atoms with van der Waals surface area (Å²) in [5.74, 6) is 0.0732. The van der Waals surface area contributed by atoms with Crippen LogP contribution in [0.15, 0.2) is 35.8 Å². The summed E-state index contributed by atoms with van der Waals surface area (Å²) in [6.07, 6.45) is 0. The number of hydrogen-bond acceptors (Lipinski definition) is 5. The van der Waals surface area contributed by atoms with E-state index in [1.165, 1.54) is 5.69 Å². The molecule has 0 atom stereocenters. The molecular weight excluding hydrogens is 272 g/mol. The molecule has 0 amide bonds. The Hall–Kier alpha value is -1.88. The lowest BCUT2D eigenvalue weighted by molar-refractivity contribution is 0.0518. The van der Waals surface area contributed by atoms with Gasteiger partial charge in [0.05, 0.1) is 12.1 Å². The standard InChI is InChI=1S/C15H16N2O2S/c1-2-19-15(18)13-14(20-10-16-13)11-8-17(9-11)12-6-4-3-5-7-12/h3-7,10-11H,2,8-9H2,1H3. The number of aromatic nitrogens is 1. The van der Waals surface area contributed by atoms with Crippen molar-refractivity contribution in [1.82, 2.24) is 4.98 Å². The van der Waals surface area contributed by atoms with Crippen LogP contribution in [0.5, 0.6) is 0 Å². The number of ether oxygens (including phenoxy) is 1. The molecule has 0 saturated carbocycles. The predicted octanol–water partition coefficient (Wildman–Crippen LogP) is 2.92. The van der Waals surface area contributed by atoms with E-state index in [1.807, 2.05) is 25.1 Å². The molecule has 2 aromatic rings. The van der Waals surface area contributed by atoms with E-state index < -0.39 is 0 Å². The maximum atomic E-state index is 11.8. The molecule has 0 spiro atoms. The summed E-state index contributed by atoms with van der Waals surface area (Å²) in [4.78, 5) is 19.3. The zero-order valence-electron chi connectivity index (χ0n) is 11.3. The summed E-state index contributed by atoms with van der Waals surface area (Å²) in [7, 11) is 0. The zero-order chi connectivity index (χ0) is 13.9. The summed E-state index contributed by atoms with van der Waals surface area (Å²) in [6, 6.07) is 10.3. The van der Waals surface area contributed by atoms with Crippen LogP contribution in [-0.4, -0.2) is 30.6 Å². The Bertz CT molecular complexity index is 591. The molecular formula is C15H16N2O2S. The lowest BCUT2D eigenvalue weighted by atomic mass is 9.96. The van der Waals surface area contributed by atoms with Gasteiger partial charge in [0.25, 0.3) is 0 Å². The van der Waals surface area contributed by atoms with Crippen LogP contribution in [0.1, 0.15) is 28.2 Å². The smallest absolute Gasteiger partial charge is 0.358 e. The molecule has 3 rings (SSSR count). The van der Waals surface area contributed by atoms with Crippen molar-refractivity contribution >= 4 is 23.0 Å². The fourth-order valence-electron chi connectivity index (χ4n) is 2.39. The largest absolute Gasteiger partial charge is 0.461 e. The van der Waals surface area contributed by atoms with E-state index in [0.717, 1.165) is 18.0 Å². The molecule has 4 nitrogen and oxygen atoms in total. The molecule has 1 aromatic carbocycles. The summed E-state index contributed by atoms with van der Waals surface area (Å²) in [5, 5.41) is 0. The minimum atomic E-state index is -0.304. The molecule has 5 heteroatoms. The molecule has 1 aromatic heterocycles. The number of hydrogen-bond donors (Lipinski definition) is 0. The number of nitrogens with zero attached hydrogens (tertiary/aromatic N) is 2. The molecule has 20 heavy (non-hydrogen) atoms. The fourth-order valence-corrected chi connectivity index (χ4v) is 3.25. The average Bonchev–Trinajstić information content (AvgIpc) is 2.88. The first kappa shape index (κ1) is 13.1. The van der Waals surface area contributed by atoms with Gasteiger partial charge in [-0.1, -0.05) is 18.2 Å². The Morgan fingerprint density at radius 3 is 2.85 bits per heavy atom. The second kappa shape index (κ2) is 5.63. The van der Waals surface area contributed by atoms with Gasteiger partial charge in [-0.2, -0.15) is 0 Å².